The molecule has 0 aromatic heterocycles. The summed E-state index contributed by atoms with van der Waals surface area (Å²) >= 11 is 0. The number of benzene rings is 3. The van der Waals surface area contributed by atoms with Crippen molar-refractivity contribution < 1.29 is 42.5 Å². The summed E-state index contributed by atoms with van der Waals surface area (Å²) < 4.78 is 39.7. The number of unbranched alkanes of at least 4 members (excludes halogenated alkanes) is 4. The number of carbonyl (C=O) groups is 3. The van der Waals surface area contributed by atoms with Gasteiger partial charge in [-0.1, -0.05) is 32.2 Å². The number of carbonyl (C=O) groups excluding carboxylic acids is 3. The lowest BCUT2D eigenvalue weighted by Crippen LogP contribution is -2.09. The van der Waals surface area contributed by atoms with Crippen molar-refractivity contribution in [1.82, 2.24) is 0 Å². The van der Waals surface area contributed by atoms with Crippen LogP contribution in [0.2, 0.25) is 0 Å². The topological polar surface area (TPSA) is 97.4 Å². The van der Waals surface area contributed by atoms with Crippen LogP contribution in [0.25, 0.3) is 11.1 Å². The molecule has 0 saturated carbocycles. The Kier molecular flexibility index (Phi) is 12.5. The zero-order valence-electron chi connectivity index (χ0n) is 26.1. The van der Waals surface area contributed by atoms with E-state index in [4.69, 9.17) is 23.7 Å². The van der Waals surface area contributed by atoms with E-state index >= 15 is 0 Å². The maximum absolute atomic E-state index is 12.9. The van der Waals surface area contributed by atoms with Gasteiger partial charge in [-0.3, -0.25) is 0 Å². The molecule has 242 valence electrons. The molecule has 46 heavy (non-hydrogen) atoms. The van der Waals surface area contributed by atoms with Crippen molar-refractivity contribution >= 4 is 17.9 Å². The van der Waals surface area contributed by atoms with Crippen LogP contribution in [0.3, 0.4) is 0 Å². The molecule has 3 aromatic carbocycles. The molecule has 0 bridgehead atoms. The molecule has 1 aliphatic carbocycles. The fraction of sp³-hybridized carbons (Fsp3) is 0.324. The SMILES string of the molecule is C=CC(=O)OCCCCOc1ccc(C(=O)Oc2ccc3c(c2)C(C)c2cc(OCCCCCCOC(=O)C(=C)F)ccc2-3)cc1. The molecular weight excluding hydrogens is 591 g/mol. The summed E-state index contributed by atoms with van der Waals surface area (Å²) in [5.74, 6) is -0.975. The number of esters is 3. The van der Waals surface area contributed by atoms with Crippen LogP contribution in [-0.2, 0) is 19.1 Å². The van der Waals surface area contributed by atoms with Crippen molar-refractivity contribution in [2.45, 2.75) is 51.4 Å². The highest BCUT2D eigenvalue weighted by Gasteiger charge is 2.27. The molecule has 1 aliphatic rings. The molecule has 3 aromatic rings. The van der Waals surface area contributed by atoms with Gasteiger partial charge in [0, 0.05) is 12.0 Å². The van der Waals surface area contributed by atoms with Crippen LogP contribution in [0.1, 0.15) is 72.9 Å². The molecule has 0 saturated heterocycles. The van der Waals surface area contributed by atoms with E-state index in [0.29, 0.717) is 56.1 Å². The summed E-state index contributed by atoms with van der Waals surface area (Å²) in [5, 5.41) is 0. The molecule has 0 heterocycles. The van der Waals surface area contributed by atoms with Gasteiger partial charge in [-0.25, -0.2) is 14.4 Å². The van der Waals surface area contributed by atoms with E-state index in [2.05, 4.69) is 32.2 Å². The van der Waals surface area contributed by atoms with E-state index in [9.17, 15) is 18.8 Å². The summed E-state index contributed by atoms with van der Waals surface area (Å²) in [6.45, 7) is 9.91. The first-order valence-corrected chi connectivity index (χ1v) is 15.4. The van der Waals surface area contributed by atoms with Crippen LogP contribution in [0.15, 0.2) is 85.7 Å². The Hall–Kier alpha value is -4.92. The lowest BCUT2D eigenvalue weighted by atomic mass is 9.99. The molecule has 8 nitrogen and oxygen atoms in total. The van der Waals surface area contributed by atoms with E-state index in [0.717, 1.165) is 53.3 Å². The normalized spacial score (nSPS) is 12.8. The van der Waals surface area contributed by atoms with E-state index < -0.39 is 23.7 Å². The first kappa shape index (κ1) is 34.0. The lowest BCUT2D eigenvalue weighted by molar-refractivity contribution is -0.141. The van der Waals surface area contributed by atoms with E-state index in [1.165, 1.54) is 0 Å². The molecule has 0 spiro atoms. The highest BCUT2D eigenvalue weighted by molar-refractivity contribution is 5.91. The molecule has 0 fully saturated rings. The highest BCUT2D eigenvalue weighted by atomic mass is 19.1. The molecule has 4 rings (SSSR count). The molecule has 0 N–H and O–H groups in total. The van der Waals surface area contributed by atoms with Crippen LogP contribution in [0, 0.1) is 0 Å². The molecule has 1 atom stereocenters. The van der Waals surface area contributed by atoms with E-state index in [1.807, 2.05) is 24.3 Å². The first-order valence-electron chi connectivity index (χ1n) is 15.4. The second-order valence-corrected chi connectivity index (χ2v) is 10.9. The number of hydrogen-bond donors (Lipinski definition) is 0. The summed E-state index contributed by atoms with van der Waals surface area (Å²) in [6.07, 6.45) is 5.78. The third-order valence-electron chi connectivity index (χ3n) is 7.55. The zero-order chi connectivity index (χ0) is 32.9. The summed E-state index contributed by atoms with van der Waals surface area (Å²) in [5.41, 5.74) is 4.88. The van der Waals surface area contributed by atoms with Gasteiger partial charge in [0.25, 0.3) is 0 Å². The van der Waals surface area contributed by atoms with Crippen molar-refractivity contribution in [2.75, 3.05) is 26.4 Å². The second kappa shape index (κ2) is 17.0. The number of ether oxygens (including phenoxy) is 5. The van der Waals surface area contributed by atoms with Gasteiger partial charge in [0.1, 0.15) is 17.2 Å². The largest absolute Gasteiger partial charge is 0.494 e. The summed E-state index contributed by atoms with van der Waals surface area (Å²) in [6, 6.07) is 18.6. The maximum Gasteiger partial charge on any atom is 0.366 e. The predicted molar refractivity (Wildman–Crippen MR) is 172 cm³/mol. The summed E-state index contributed by atoms with van der Waals surface area (Å²) in [4.78, 5) is 35.0. The van der Waals surface area contributed by atoms with Gasteiger partial charge < -0.3 is 23.7 Å². The number of fused-ring (bicyclic) bond motifs is 3. The smallest absolute Gasteiger partial charge is 0.366 e. The molecule has 9 heteroatoms. The van der Waals surface area contributed by atoms with Crippen molar-refractivity contribution in [2.24, 2.45) is 0 Å². The zero-order valence-corrected chi connectivity index (χ0v) is 26.1. The highest BCUT2D eigenvalue weighted by Crippen LogP contribution is 2.47. The van der Waals surface area contributed by atoms with Gasteiger partial charge in [-0.15, -0.1) is 0 Å². The number of halogens is 1. The van der Waals surface area contributed by atoms with E-state index in [-0.39, 0.29) is 12.5 Å². The van der Waals surface area contributed by atoms with Crippen LogP contribution in [0.4, 0.5) is 4.39 Å². The van der Waals surface area contributed by atoms with Crippen molar-refractivity contribution in [3.05, 3.63) is 102 Å². The Morgan fingerprint density at radius 1 is 0.717 bits per heavy atom. The van der Waals surface area contributed by atoms with Gasteiger partial charge in [0.15, 0.2) is 0 Å². The van der Waals surface area contributed by atoms with Crippen molar-refractivity contribution in [3.63, 3.8) is 0 Å². The minimum atomic E-state index is -1.08. The number of rotatable bonds is 18. The second-order valence-electron chi connectivity index (χ2n) is 10.9. The van der Waals surface area contributed by atoms with Crippen molar-refractivity contribution in [3.8, 4) is 28.4 Å². The Balaban J connectivity index is 1.22. The molecule has 0 amide bonds. The van der Waals surface area contributed by atoms with Gasteiger partial charge >= 0.3 is 17.9 Å². The quantitative estimate of drug-likeness (QED) is 0.0606. The predicted octanol–water partition coefficient (Wildman–Crippen LogP) is 7.89. The monoisotopic (exact) mass is 630 g/mol. The Morgan fingerprint density at radius 3 is 1.89 bits per heavy atom. The fourth-order valence-electron chi connectivity index (χ4n) is 5.08. The van der Waals surface area contributed by atoms with Gasteiger partial charge in [-0.05, 0) is 109 Å². The standard InChI is InChI=1S/C37H39FO8/c1-4-35(39)44-21-10-9-20-42-28-13-11-27(12-14-28)37(41)46-30-16-18-32-31-17-15-29(23-33(31)25(2)34(32)24-30)43-19-7-5-6-8-22-45-36(40)26(3)38/h4,11-18,23-25H,1,3,5-10,19-22H2,2H3. The molecule has 0 radical (unpaired) electrons. The third kappa shape index (κ3) is 9.54. The Bertz CT molecular complexity index is 1550. The van der Waals surface area contributed by atoms with Gasteiger partial charge in [0.2, 0.25) is 5.83 Å². The third-order valence-corrected chi connectivity index (χ3v) is 7.55. The van der Waals surface area contributed by atoms with E-state index in [1.54, 1.807) is 24.3 Å². The lowest BCUT2D eigenvalue weighted by Gasteiger charge is -2.11. The van der Waals surface area contributed by atoms with Gasteiger partial charge in [0.05, 0.1) is 32.0 Å². The average Bonchev–Trinajstić information content (AvgIpc) is 3.33. The van der Waals surface area contributed by atoms with Crippen molar-refractivity contribution in [1.29, 1.82) is 0 Å². The first-order chi connectivity index (χ1) is 22.3. The van der Waals surface area contributed by atoms with Crippen LogP contribution < -0.4 is 14.2 Å². The summed E-state index contributed by atoms with van der Waals surface area (Å²) in [7, 11) is 0. The minimum absolute atomic E-state index is 0.0979. The Morgan fingerprint density at radius 2 is 1.24 bits per heavy atom. The van der Waals surface area contributed by atoms with Crippen LogP contribution >= 0.6 is 0 Å². The molecule has 1 unspecified atom stereocenters. The molecular formula is C37H39FO8. The number of hydrogen-bond acceptors (Lipinski definition) is 8. The van der Waals surface area contributed by atoms with Crippen LogP contribution in [-0.4, -0.2) is 44.3 Å². The molecule has 0 aliphatic heterocycles. The van der Waals surface area contributed by atoms with Crippen LogP contribution in [0.5, 0.6) is 17.2 Å². The maximum atomic E-state index is 12.9. The minimum Gasteiger partial charge on any atom is -0.494 e. The Labute approximate surface area is 268 Å². The van der Waals surface area contributed by atoms with Gasteiger partial charge in [-0.2, -0.15) is 4.39 Å². The fourth-order valence-corrected chi connectivity index (χ4v) is 5.08. The average molecular weight is 631 g/mol.